The first-order valence-corrected chi connectivity index (χ1v) is 17.8. The molecule has 0 heterocycles. The highest BCUT2D eigenvalue weighted by Crippen LogP contribution is 2.16. The molecule has 284 valence electrons. The Morgan fingerprint density at radius 1 is 0.824 bits per heavy atom. The van der Waals surface area contributed by atoms with Gasteiger partial charge in [0.15, 0.2) is 0 Å². The van der Waals surface area contributed by atoms with Crippen molar-refractivity contribution >= 4 is 64.6 Å². The number of non-ortho nitro benzene ring substituents is 1. The highest BCUT2D eigenvalue weighted by molar-refractivity contribution is 7.98. The zero-order chi connectivity index (χ0) is 38.5. The van der Waals surface area contributed by atoms with E-state index >= 15 is 0 Å². The van der Waals surface area contributed by atoms with Crippen LogP contribution in [0, 0.1) is 16.0 Å². The number of rotatable bonds is 24. The number of nitrogens with zero attached hydrogens (tertiary/aromatic N) is 1. The Morgan fingerprint density at radius 3 is 1.96 bits per heavy atom. The molecule has 0 saturated heterocycles. The van der Waals surface area contributed by atoms with Gasteiger partial charge in [0.25, 0.3) is 5.69 Å². The maximum Gasteiger partial charge on any atom is 0.306 e. The smallest absolute Gasteiger partial charge is 0.306 e. The maximum absolute atomic E-state index is 13.6. The number of nitro benzene ring substituents is 1. The summed E-state index contributed by atoms with van der Waals surface area (Å²) in [6.45, 7) is 3.59. The summed E-state index contributed by atoms with van der Waals surface area (Å²) >= 11 is 1.44. The number of thioether (sulfide) groups is 1. The van der Waals surface area contributed by atoms with Gasteiger partial charge >= 0.3 is 11.9 Å². The van der Waals surface area contributed by atoms with Gasteiger partial charge in [-0.15, -0.1) is 0 Å². The fraction of sp³-hybridized carbons (Fsp3) is 0.594. The van der Waals surface area contributed by atoms with Crippen molar-refractivity contribution in [3.05, 3.63) is 34.4 Å². The molecule has 0 aliphatic carbocycles. The number of carboxylic acids is 1. The molecule has 18 nitrogen and oxygen atoms in total. The first-order valence-electron chi connectivity index (χ1n) is 16.4. The van der Waals surface area contributed by atoms with Crippen molar-refractivity contribution in [3.8, 4) is 0 Å². The number of benzene rings is 1. The number of amides is 5. The van der Waals surface area contributed by atoms with Crippen molar-refractivity contribution < 1.29 is 48.3 Å². The number of nitrogens with one attached hydrogen (secondary N) is 5. The predicted octanol–water partition coefficient (Wildman–Crippen LogP) is 0.829. The number of carbonyl (C=O) groups is 7. The molecule has 8 N–H and O–H groups in total. The third-order valence-corrected chi connectivity index (χ3v) is 8.14. The van der Waals surface area contributed by atoms with Crippen LogP contribution in [0.1, 0.15) is 65.2 Å². The van der Waals surface area contributed by atoms with Crippen molar-refractivity contribution in [2.45, 2.75) is 89.4 Å². The molecule has 51 heavy (non-hydrogen) atoms. The Kier molecular flexibility index (Phi) is 20.5. The molecule has 0 saturated carbocycles. The van der Waals surface area contributed by atoms with Gasteiger partial charge in [0.05, 0.1) is 18.5 Å². The fourth-order valence-corrected chi connectivity index (χ4v) is 5.08. The maximum atomic E-state index is 13.6. The number of esters is 1. The number of unbranched alkanes of at least 4 members (excludes halogenated alkanes) is 1. The molecule has 0 aliphatic rings. The lowest BCUT2D eigenvalue weighted by Crippen LogP contribution is -2.59. The van der Waals surface area contributed by atoms with Gasteiger partial charge in [0.2, 0.25) is 29.5 Å². The lowest BCUT2D eigenvalue weighted by molar-refractivity contribution is -0.384. The number of aliphatic carboxylic acids is 1. The normalized spacial score (nSPS) is 13.1. The molecular formula is C32H49N7O11S. The molecular weight excluding hydrogens is 690 g/mol. The number of carbonyl (C=O) groups excluding carboxylic acids is 6. The number of hydrogen-bond acceptors (Lipinski definition) is 12. The van der Waals surface area contributed by atoms with Gasteiger partial charge in [0, 0.05) is 30.7 Å². The predicted molar refractivity (Wildman–Crippen MR) is 188 cm³/mol. The highest BCUT2D eigenvalue weighted by atomic mass is 32.2. The van der Waals surface area contributed by atoms with E-state index in [-0.39, 0.29) is 43.5 Å². The van der Waals surface area contributed by atoms with Crippen molar-refractivity contribution in [3.63, 3.8) is 0 Å². The second-order valence-corrected chi connectivity index (χ2v) is 12.8. The van der Waals surface area contributed by atoms with Crippen LogP contribution in [0.5, 0.6) is 0 Å². The fourth-order valence-electron chi connectivity index (χ4n) is 4.61. The first kappa shape index (κ1) is 44.2. The second kappa shape index (κ2) is 23.6. The van der Waals surface area contributed by atoms with E-state index in [1.807, 2.05) is 6.26 Å². The average Bonchev–Trinajstić information content (AvgIpc) is 3.08. The Bertz CT molecular complexity index is 1360. The van der Waals surface area contributed by atoms with Crippen molar-refractivity contribution in [2.24, 2.45) is 11.7 Å². The summed E-state index contributed by atoms with van der Waals surface area (Å²) < 4.78 is 4.51. The van der Waals surface area contributed by atoms with E-state index in [1.165, 1.54) is 36.0 Å². The van der Waals surface area contributed by atoms with Crippen LogP contribution in [0.4, 0.5) is 11.4 Å². The molecule has 4 atom stereocenters. The minimum absolute atomic E-state index is 0.143. The van der Waals surface area contributed by atoms with Gasteiger partial charge in [-0.3, -0.25) is 43.7 Å². The Labute approximate surface area is 300 Å². The zero-order valence-electron chi connectivity index (χ0n) is 29.2. The SMILES string of the molecule is COC(=O)CCC(=O)N[C@H](CCC(=O)O)C(=O)N[C@H](C(=O)N[C@H](CCCCN)C(=O)N[C@H](CCSC)C(=O)Nc1ccc([N+](=O)[O-])cc1)C(C)C. The number of anilines is 1. The lowest BCUT2D eigenvalue weighted by atomic mass is 10.0. The molecule has 0 aromatic heterocycles. The van der Waals surface area contributed by atoms with E-state index in [2.05, 4.69) is 31.3 Å². The van der Waals surface area contributed by atoms with Crippen molar-refractivity contribution in [1.82, 2.24) is 21.3 Å². The second-order valence-electron chi connectivity index (χ2n) is 11.8. The molecule has 19 heteroatoms. The van der Waals surface area contributed by atoms with Crippen molar-refractivity contribution in [2.75, 3.05) is 31.0 Å². The zero-order valence-corrected chi connectivity index (χ0v) is 30.0. The third kappa shape index (κ3) is 17.1. The van der Waals surface area contributed by atoms with Crippen LogP contribution >= 0.6 is 11.8 Å². The van der Waals surface area contributed by atoms with E-state index in [9.17, 15) is 43.7 Å². The van der Waals surface area contributed by atoms with E-state index < -0.39 is 82.9 Å². The summed E-state index contributed by atoms with van der Waals surface area (Å²) in [5, 5.41) is 33.1. The van der Waals surface area contributed by atoms with Gasteiger partial charge in [-0.05, 0) is 68.7 Å². The van der Waals surface area contributed by atoms with Crippen LogP contribution in [0.15, 0.2) is 24.3 Å². The molecule has 0 radical (unpaired) electrons. The Balaban J connectivity index is 3.16. The number of carboxylic acid groups (broad SMARTS) is 1. The van der Waals surface area contributed by atoms with E-state index in [4.69, 9.17) is 10.8 Å². The summed E-state index contributed by atoms with van der Waals surface area (Å²) in [4.78, 5) is 99.2. The molecule has 0 unspecified atom stereocenters. The Hall–Kier alpha value is -4.78. The quantitative estimate of drug-likeness (QED) is 0.0335. The summed E-state index contributed by atoms with van der Waals surface area (Å²) in [6.07, 6.45) is 1.79. The summed E-state index contributed by atoms with van der Waals surface area (Å²) in [7, 11) is 1.15. The van der Waals surface area contributed by atoms with Gasteiger partial charge in [-0.25, -0.2) is 0 Å². The van der Waals surface area contributed by atoms with E-state index in [0.717, 1.165) is 7.11 Å². The average molecular weight is 740 g/mol. The summed E-state index contributed by atoms with van der Waals surface area (Å²) in [5.41, 5.74) is 5.75. The van der Waals surface area contributed by atoms with Gasteiger partial charge in [-0.1, -0.05) is 13.8 Å². The molecule has 0 bridgehead atoms. The minimum Gasteiger partial charge on any atom is -0.481 e. The topological polar surface area (TPSA) is 278 Å². The monoisotopic (exact) mass is 739 g/mol. The van der Waals surface area contributed by atoms with Crippen LogP contribution in [0.3, 0.4) is 0 Å². The number of nitro groups is 1. The van der Waals surface area contributed by atoms with Crippen LogP contribution in [-0.4, -0.2) is 101 Å². The van der Waals surface area contributed by atoms with Gasteiger partial charge < -0.3 is 42.2 Å². The molecule has 1 rings (SSSR count). The van der Waals surface area contributed by atoms with Crippen molar-refractivity contribution in [1.29, 1.82) is 0 Å². The molecule has 1 aromatic carbocycles. The van der Waals surface area contributed by atoms with E-state index in [0.29, 0.717) is 25.1 Å². The Morgan fingerprint density at radius 2 is 1.41 bits per heavy atom. The van der Waals surface area contributed by atoms with Crippen LogP contribution in [0.25, 0.3) is 0 Å². The molecule has 0 aliphatic heterocycles. The molecule has 5 amide bonds. The number of nitrogens with two attached hydrogens (primary N) is 1. The van der Waals surface area contributed by atoms with E-state index in [1.54, 1.807) is 13.8 Å². The molecule has 0 spiro atoms. The van der Waals surface area contributed by atoms with Gasteiger partial charge in [-0.2, -0.15) is 11.8 Å². The highest BCUT2D eigenvalue weighted by Gasteiger charge is 2.33. The minimum atomic E-state index is -1.35. The largest absolute Gasteiger partial charge is 0.481 e. The third-order valence-electron chi connectivity index (χ3n) is 7.50. The number of methoxy groups -OCH3 is 1. The number of ether oxygens (including phenoxy) is 1. The van der Waals surface area contributed by atoms with Crippen LogP contribution in [-0.2, 0) is 38.3 Å². The summed E-state index contributed by atoms with van der Waals surface area (Å²) in [6, 6.07) is 0.422. The van der Waals surface area contributed by atoms with Gasteiger partial charge in [0.1, 0.15) is 24.2 Å². The lowest BCUT2D eigenvalue weighted by Gasteiger charge is -2.28. The summed E-state index contributed by atoms with van der Waals surface area (Å²) in [5.74, 6) is -5.45. The number of hydrogen-bond donors (Lipinski definition) is 7. The first-order chi connectivity index (χ1) is 24.1. The van der Waals surface area contributed by atoms with Crippen LogP contribution < -0.4 is 32.3 Å². The molecule has 1 aromatic rings. The van der Waals surface area contributed by atoms with Crippen LogP contribution in [0.2, 0.25) is 0 Å². The standard InChI is InChI=1S/C32H49N7O11S/c1-19(2)28(38-31(46)23(12-14-26(41)42)35-25(40)13-15-27(43)50-3)32(47)37-22(7-5-6-17-33)30(45)36-24(16-18-51-4)29(44)34-20-8-10-21(11-9-20)39(48)49/h8-11,19,22-24,28H,5-7,12-18,33H2,1-4H3,(H,34,44)(H,35,40)(H,36,45)(H,37,47)(H,38,46)(H,41,42)/t22-,23-,24-,28+/m1/s1. The molecule has 0 fully saturated rings.